The molecule has 1 N–H and O–H groups in total. The van der Waals surface area contributed by atoms with E-state index in [4.69, 9.17) is 0 Å². The van der Waals surface area contributed by atoms with E-state index in [1.54, 1.807) is 0 Å². The standard InChI is InChI=1S/C23H26N2O2/c26-21-19-3-1-2-17(19)18-5-4-16(9-20(18)25-21)24-22(27)23-10-13-6-14(11-23)8-15(7-13)12-23/h4-5,9,13-15,18H,1-3,6-8,10-12H2,(H,25,26). The first kappa shape index (κ1) is 16.0. The van der Waals surface area contributed by atoms with Gasteiger partial charge in [-0.1, -0.05) is 6.08 Å². The summed E-state index contributed by atoms with van der Waals surface area (Å²) in [5.74, 6) is 2.56. The third-order valence-electron chi connectivity index (χ3n) is 7.99. The van der Waals surface area contributed by atoms with Crippen molar-refractivity contribution in [1.29, 1.82) is 0 Å². The summed E-state index contributed by atoms with van der Waals surface area (Å²) < 4.78 is 0. The SMILES string of the molecule is O=C1NC2=CC(=NC(=O)C34CC5CC(CC(C5)C3)C4)C=CC2C2=C1CCC2. The van der Waals surface area contributed by atoms with Crippen LogP contribution in [0.2, 0.25) is 0 Å². The number of rotatable bonds is 1. The first-order chi connectivity index (χ1) is 13.1. The van der Waals surface area contributed by atoms with Crippen LogP contribution in [-0.2, 0) is 9.59 Å². The molecule has 0 saturated heterocycles. The summed E-state index contributed by atoms with van der Waals surface area (Å²) in [7, 11) is 0. The van der Waals surface area contributed by atoms with Gasteiger partial charge in [-0.25, -0.2) is 4.99 Å². The maximum absolute atomic E-state index is 13.2. The number of nitrogens with one attached hydrogen (secondary N) is 1. The fourth-order valence-corrected chi connectivity index (χ4v) is 7.27. The molecule has 4 bridgehead atoms. The summed E-state index contributed by atoms with van der Waals surface area (Å²) in [6, 6.07) is 0. The zero-order valence-electron chi connectivity index (χ0n) is 15.7. The molecule has 140 valence electrons. The van der Waals surface area contributed by atoms with Crippen LogP contribution in [0.4, 0.5) is 0 Å². The van der Waals surface area contributed by atoms with Gasteiger partial charge >= 0.3 is 0 Å². The van der Waals surface area contributed by atoms with Crippen molar-refractivity contribution in [2.75, 3.05) is 0 Å². The number of hydrogen-bond donors (Lipinski definition) is 1. The number of hydrogen-bond acceptors (Lipinski definition) is 2. The van der Waals surface area contributed by atoms with Gasteiger partial charge < -0.3 is 5.32 Å². The van der Waals surface area contributed by atoms with Crippen LogP contribution in [0.5, 0.6) is 0 Å². The Labute approximate surface area is 159 Å². The number of carbonyl (C=O) groups excluding carboxylic acids is 2. The number of carbonyl (C=O) groups is 2. The van der Waals surface area contributed by atoms with Crippen molar-refractivity contribution in [3.63, 3.8) is 0 Å². The average molecular weight is 362 g/mol. The highest BCUT2D eigenvalue weighted by molar-refractivity contribution is 6.12. The topological polar surface area (TPSA) is 58.5 Å². The Bertz CT molecular complexity index is 838. The highest BCUT2D eigenvalue weighted by atomic mass is 16.2. The smallest absolute Gasteiger partial charge is 0.252 e. The molecule has 27 heavy (non-hydrogen) atoms. The molecule has 0 radical (unpaired) electrons. The second kappa shape index (κ2) is 5.52. The van der Waals surface area contributed by atoms with E-state index in [1.807, 2.05) is 12.2 Å². The Morgan fingerprint density at radius 1 is 1.07 bits per heavy atom. The summed E-state index contributed by atoms with van der Waals surface area (Å²) in [6.07, 6.45) is 16.2. The molecule has 1 heterocycles. The van der Waals surface area contributed by atoms with Crippen molar-refractivity contribution in [3.8, 4) is 0 Å². The van der Waals surface area contributed by atoms with Crippen molar-refractivity contribution in [1.82, 2.24) is 5.32 Å². The van der Waals surface area contributed by atoms with E-state index >= 15 is 0 Å². The minimum absolute atomic E-state index is 0.0482. The molecule has 6 aliphatic carbocycles. The van der Waals surface area contributed by atoms with Crippen molar-refractivity contribution in [2.24, 2.45) is 34.1 Å². The van der Waals surface area contributed by atoms with Crippen molar-refractivity contribution < 1.29 is 9.59 Å². The average Bonchev–Trinajstić information content (AvgIpc) is 3.11. The van der Waals surface area contributed by atoms with Gasteiger partial charge in [-0.15, -0.1) is 0 Å². The van der Waals surface area contributed by atoms with Crippen LogP contribution in [0.3, 0.4) is 0 Å². The number of allylic oxidation sites excluding steroid dienone is 3. The highest BCUT2D eigenvalue weighted by Crippen LogP contribution is 2.60. The Morgan fingerprint density at radius 3 is 2.48 bits per heavy atom. The van der Waals surface area contributed by atoms with Crippen LogP contribution in [0.1, 0.15) is 57.8 Å². The predicted octanol–water partition coefficient (Wildman–Crippen LogP) is 3.85. The number of nitrogens with zero attached hydrogens (tertiary/aromatic N) is 1. The van der Waals surface area contributed by atoms with Gasteiger partial charge in [0.15, 0.2) is 0 Å². The summed E-state index contributed by atoms with van der Waals surface area (Å²) in [5, 5.41) is 3.05. The minimum atomic E-state index is -0.193. The fraction of sp³-hybridized carbons (Fsp3) is 0.609. The molecule has 4 saturated carbocycles. The molecule has 1 aliphatic heterocycles. The second-order valence-electron chi connectivity index (χ2n) is 9.79. The zero-order valence-corrected chi connectivity index (χ0v) is 15.7. The molecule has 1 unspecified atom stereocenters. The molecule has 0 spiro atoms. The Balaban J connectivity index is 1.29. The molecule has 2 amide bonds. The van der Waals surface area contributed by atoms with Crippen molar-refractivity contribution >= 4 is 17.5 Å². The predicted molar refractivity (Wildman–Crippen MR) is 103 cm³/mol. The van der Waals surface area contributed by atoms with Crippen LogP contribution in [0, 0.1) is 29.1 Å². The van der Waals surface area contributed by atoms with Crippen LogP contribution < -0.4 is 5.32 Å². The molecule has 7 aliphatic rings. The third-order valence-corrected chi connectivity index (χ3v) is 7.99. The molecule has 4 fully saturated rings. The third kappa shape index (κ3) is 2.38. The number of fused-ring (bicyclic) bond motifs is 2. The Hall–Kier alpha value is -1.97. The lowest BCUT2D eigenvalue weighted by Gasteiger charge is -2.55. The maximum atomic E-state index is 13.2. The van der Waals surface area contributed by atoms with E-state index in [1.165, 1.54) is 24.8 Å². The van der Waals surface area contributed by atoms with Gasteiger partial charge in [0, 0.05) is 17.2 Å². The molecular formula is C23H26N2O2. The molecule has 0 aromatic rings. The van der Waals surface area contributed by atoms with Crippen molar-refractivity contribution in [3.05, 3.63) is 35.1 Å². The van der Waals surface area contributed by atoms with E-state index in [2.05, 4.69) is 16.4 Å². The summed E-state index contributed by atoms with van der Waals surface area (Å²) in [6.45, 7) is 0. The summed E-state index contributed by atoms with van der Waals surface area (Å²) >= 11 is 0. The molecule has 0 aromatic carbocycles. The van der Waals surface area contributed by atoms with E-state index in [9.17, 15) is 9.59 Å². The molecule has 4 nitrogen and oxygen atoms in total. The molecular weight excluding hydrogens is 336 g/mol. The van der Waals surface area contributed by atoms with Crippen molar-refractivity contribution in [2.45, 2.75) is 57.8 Å². The normalized spacial score (nSPS) is 42.9. The molecule has 1 atom stereocenters. The molecule has 7 rings (SSSR count). The molecule has 4 heteroatoms. The van der Waals surface area contributed by atoms with Gasteiger partial charge in [0.05, 0.1) is 11.1 Å². The zero-order chi connectivity index (χ0) is 18.2. The monoisotopic (exact) mass is 362 g/mol. The molecule has 0 aromatic heterocycles. The Kier molecular flexibility index (Phi) is 3.28. The minimum Gasteiger partial charge on any atom is -0.325 e. The number of aliphatic imine (C=N–C) groups is 1. The largest absolute Gasteiger partial charge is 0.325 e. The van der Waals surface area contributed by atoms with E-state index in [-0.39, 0.29) is 23.1 Å². The van der Waals surface area contributed by atoms with Crippen LogP contribution in [0.25, 0.3) is 0 Å². The highest BCUT2D eigenvalue weighted by Gasteiger charge is 2.54. The van der Waals surface area contributed by atoms with E-state index in [0.717, 1.165) is 67.5 Å². The first-order valence-electron chi connectivity index (χ1n) is 10.7. The quantitative estimate of drug-likeness (QED) is 0.770. The van der Waals surface area contributed by atoms with Crippen LogP contribution in [-0.4, -0.2) is 17.5 Å². The van der Waals surface area contributed by atoms with Gasteiger partial charge in [0.2, 0.25) is 0 Å². The second-order valence-corrected chi connectivity index (χ2v) is 9.79. The first-order valence-corrected chi connectivity index (χ1v) is 10.7. The Morgan fingerprint density at radius 2 is 1.78 bits per heavy atom. The maximum Gasteiger partial charge on any atom is 0.252 e. The number of amides is 2. The van der Waals surface area contributed by atoms with Gasteiger partial charge in [-0.05, 0) is 93.3 Å². The lowest BCUT2D eigenvalue weighted by atomic mass is 9.49. The van der Waals surface area contributed by atoms with Gasteiger partial charge in [-0.3, -0.25) is 9.59 Å². The lowest BCUT2D eigenvalue weighted by molar-refractivity contribution is -0.142. The van der Waals surface area contributed by atoms with Crippen LogP contribution in [0.15, 0.2) is 40.1 Å². The van der Waals surface area contributed by atoms with Gasteiger partial charge in [-0.2, -0.15) is 0 Å². The van der Waals surface area contributed by atoms with E-state index in [0.29, 0.717) is 5.71 Å². The van der Waals surface area contributed by atoms with Crippen LogP contribution >= 0.6 is 0 Å². The summed E-state index contributed by atoms with van der Waals surface area (Å²) in [4.78, 5) is 30.1. The fourth-order valence-electron chi connectivity index (χ4n) is 7.27. The summed E-state index contributed by atoms with van der Waals surface area (Å²) in [5.41, 5.74) is 3.67. The van der Waals surface area contributed by atoms with E-state index < -0.39 is 0 Å². The van der Waals surface area contributed by atoms with Gasteiger partial charge in [0.1, 0.15) is 0 Å². The van der Waals surface area contributed by atoms with Gasteiger partial charge in [0.25, 0.3) is 11.8 Å². The lowest BCUT2D eigenvalue weighted by Crippen LogP contribution is -2.49.